The van der Waals surface area contributed by atoms with Gasteiger partial charge in [0, 0.05) is 33.2 Å². The Balaban J connectivity index is 2.16. The highest BCUT2D eigenvalue weighted by Gasteiger charge is 2.21. The molecule has 1 rings (SSSR count). The molecule has 0 unspecified atom stereocenters. The SMILES string of the molecule is CN(C)C(=O)CN1CCC(NOCC(N)=O)CC1. The first-order valence-electron chi connectivity index (χ1n) is 6.07. The highest BCUT2D eigenvalue weighted by atomic mass is 16.6. The van der Waals surface area contributed by atoms with E-state index in [9.17, 15) is 9.59 Å². The molecule has 0 aliphatic carbocycles. The topological polar surface area (TPSA) is 87.9 Å². The Bertz CT molecular complexity index is 288. The molecule has 0 spiro atoms. The quantitative estimate of drug-likeness (QED) is 0.569. The number of carbonyl (C=O) groups excluding carboxylic acids is 2. The summed E-state index contributed by atoms with van der Waals surface area (Å²) in [5.74, 6) is -0.372. The van der Waals surface area contributed by atoms with Gasteiger partial charge >= 0.3 is 0 Å². The summed E-state index contributed by atoms with van der Waals surface area (Å²) >= 11 is 0. The second kappa shape index (κ2) is 7.30. The number of hydrogen-bond donors (Lipinski definition) is 2. The van der Waals surface area contributed by atoms with E-state index in [1.807, 2.05) is 0 Å². The number of nitrogens with one attached hydrogen (secondary N) is 1. The molecule has 0 aromatic carbocycles. The number of amides is 2. The van der Waals surface area contributed by atoms with Crippen molar-refractivity contribution in [1.82, 2.24) is 15.3 Å². The van der Waals surface area contributed by atoms with Crippen LogP contribution in [0.1, 0.15) is 12.8 Å². The second-order valence-corrected chi connectivity index (χ2v) is 4.71. The third kappa shape index (κ3) is 5.44. The molecule has 0 aromatic heterocycles. The maximum absolute atomic E-state index is 11.5. The number of piperidine rings is 1. The van der Waals surface area contributed by atoms with E-state index in [4.69, 9.17) is 10.6 Å². The van der Waals surface area contributed by atoms with E-state index in [0.717, 1.165) is 25.9 Å². The summed E-state index contributed by atoms with van der Waals surface area (Å²) in [6, 6.07) is 0.218. The van der Waals surface area contributed by atoms with Gasteiger partial charge in [0.15, 0.2) is 0 Å². The van der Waals surface area contributed by atoms with E-state index in [2.05, 4.69) is 10.4 Å². The molecule has 0 saturated carbocycles. The Kier molecular flexibility index (Phi) is 6.03. The maximum Gasteiger partial charge on any atom is 0.245 e. The summed E-state index contributed by atoms with van der Waals surface area (Å²) in [4.78, 5) is 30.7. The Morgan fingerprint density at radius 3 is 2.50 bits per heavy atom. The van der Waals surface area contributed by atoms with Crippen LogP contribution in [0.2, 0.25) is 0 Å². The molecule has 7 heteroatoms. The Labute approximate surface area is 107 Å². The van der Waals surface area contributed by atoms with Gasteiger partial charge < -0.3 is 10.6 Å². The lowest BCUT2D eigenvalue weighted by Crippen LogP contribution is -2.46. The Morgan fingerprint density at radius 1 is 1.39 bits per heavy atom. The number of hydroxylamine groups is 1. The summed E-state index contributed by atoms with van der Waals surface area (Å²) in [5, 5.41) is 0. The minimum Gasteiger partial charge on any atom is -0.368 e. The lowest BCUT2D eigenvalue weighted by molar-refractivity contribution is -0.131. The number of nitrogens with two attached hydrogens (primary N) is 1. The largest absolute Gasteiger partial charge is 0.368 e. The molecular formula is C11H22N4O3. The monoisotopic (exact) mass is 258 g/mol. The van der Waals surface area contributed by atoms with Crippen LogP contribution in [-0.4, -0.2) is 68.0 Å². The van der Waals surface area contributed by atoms with Crippen molar-refractivity contribution >= 4 is 11.8 Å². The van der Waals surface area contributed by atoms with E-state index in [1.165, 1.54) is 0 Å². The predicted molar refractivity (Wildman–Crippen MR) is 66.4 cm³/mol. The molecule has 0 bridgehead atoms. The molecule has 0 aromatic rings. The number of carbonyl (C=O) groups is 2. The molecule has 2 amide bonds. The first-order chi connectivity index (χ1) is 8.49. The van der Waals surface area contributed by atoms with Gasteiger partial charge in [0.05, 0.1) is 6.54 Å². The number of likely N-dealkylation sites (N-methyl/N-ethyl adjacent to an activating group) is 1. The van der Waals surface area contributed by atoms with Crippen LogP contribution in [0.5, 0.6) is 0 Å². The third-order valence-electron chi connectivity index (χ3n) is 2.91. The van der Waals surface area contributed by atoms with Crippen molar-refractivity contribution in [3.05, 3.63) is 0 Å². The highest BCUT2D eigenvalue weighted by molar-refractivity contribution is 5.77. The zero-order valence-electron chi connectivity index (χ0n) is 11.0. The van der Waals surface area contributed by atoms with E-state index in [-0.39, 0.29) is 18.6 Å². The molecule has 1 heterocycles. The van der Waals surface area contributed by atoms with Crippen LogP contribution in [0.4, 0.5) is 0 Å². The van der Waals surface area contributed by atoms with Crippen LogP contribution in [0.25, 0.3) is 0 Å². The normalized spacial score (nSPS) is 17.7. The second-order valence-electron chi connectivity index (χ2n) is 4.71. The molecule has 0 atom stereocenters. The van der Waals surface area contributed by atoms with Gasteiger partial charge in [-0.1, -0.05) is 0 Å². The van der Waals surface area contributed by atoms with Crippen molar-refractivity contribution in [3.8, 4) is 0 Å². The summed E-state index contributed by atoms with van der Waals surface area (Å²) in [5.41, 5.74) is 7.79. The van der Waals surface area contributed by atoms with Crippen molar-refractivity contribution in [2.45, 2.75) is 18.9 Å². The fourth-order valence-corrected chi connectivity index (χ4v) is 1.77. The van der Waals surface area contributed by atoms with Gasteiger partial charge in [0.1, 0.15) is 6.61 Å². The zero-order chi connectivity index (χ0) is 13.5. The van der Waals surface area contributed by atoms with Crippen molar-refractivity contribution in [3.63, 3.8) is 0 Å². The Hall–Kier alpha value is -1.18. The van der Waals surface area contributed by atoms with Crippen LogP contribution >= 0.6 is 0 Å². The molecule has 7 nitrogen and oxygen atoms in total. The first kappa shape index (κ1) is 14.9. The minimum absolute atomic E-state index is 0.112. The molecule has 104 valence electrons. The molecule has 1 aliphatic rings. The van der Waals surface area contributed by atoms with Gasteiger partial charge in [-0.05, 0) is 12.8 Å². The lowest BCUT2D eigenvalue weighted by atomic mass is 10.1. The number of hydrogen-bond acceptors (Lipinski definition) is 5. The lowest BCUT2D eigenvalue weighted by Gasteiger charge is -2.32. The van der Waals surface area contributed by atoms with Gasteiger partial charge in [-0.3, -0.25) is 19.3 Å². The summed E-state index contributed by atoms with van der Waals surface area (Å²) in [6.07, 6.45) is 1.78. The van der Waals surface area contributed by atoms with Gasteiger partial charge in [0.25, 0.3) is 0 Å². The molecule has 0 radical (unpaired) electrons. The number of primary amides is 1. The number of rotatable bonds is 6. The van der Waals surface area contributed by atoms with E-state index >= 15 is 0 Å². The van der Waals surface area contributed by atoms with E-state index in [0.29, 0.717) is 6.54 Å². The molecule has 18 heavy (non-hydrogen) atoms. The standard InChI is InChI=1S/C11H22N4O3/c1-14(2)11(17)7-15-5-3-9(4-6-15)13-18-8-10(12)16/h9,13H,3-8H2,1-2H3,(H2,12,16). The first-order valence-corrected chi connectivity index (χ1v) is 6.07. The van der Waals surface area contributed by atoms with Gasteiger partial charge in [-0.15, -0.1) is 0 Å². The van der Waals surface area contributed by atoms with Gasteiger partial charge in [-0.2, -0.15) is 5.48 Å². The summed E-state index contributed by atoms with van der Waals surface area (Å²) in [6.45, 7) is 2.04. The third-order valence-corrected chi connectivity index (χ3v) is 2.91. The van der Waals surface area contributed by atoms with Crippen LogP contribution < -0.4 is 11.2 Å². The molecular weight excluding hydrogens is 236 g/mol. The molecule has 1 fully saturated rings. The smallest absolute Gasteiger partial charge is 0.245 e. The number of nitrogens with zero attached hydrogens (tertiary/aromatic N) is 2. The minimum atomic E-state index is -0.489. The van der Waals surface area contributed by atoms with Crippen molar-refractivity contribution in [1.29, 1.82) is 0 Å². The average molecular weight is 258 g/mol. The van der Waals surface area contributed by atoms with Crippen molar-refractivity contribution < 1.29 is 14.4 Å². The Morgan fingerprint density at radius 2 is 2.00 bits per heavy atom. The molecule has 1 aliphatic heterocycles. The molecule has 1 saturated heterocycles. The maximum atomic E-state index is 11.5. The van der Waals surface area contributed by atoms with Gasteiger partial charge in [0.2, 0.25) is 11.8 Å². The van der Waals surface area contributed by atoms with Crippen molar-refractivity contribution in [2.75, 3.05) is 40.3 Å². The number of likely N-dealkylation sites (tertiary alicyclic amines) is 1. The fraction of sp³-hybridized carbons (Fsp3) is 0.818. The fourth-order valence-electron chi connectivity index (χ4n) is 1.77. The molecule has 3 N–H and O–H groups in total. The zero-order valence-corrected chi connectivity index (χ0v) is 11.0. The average Bonchev–Trinajstić information content (AvgIpc) is 2.30. The van der Waals surface area contributed by atoms with E-state index < -0.39 is 5.91 Å². The van der Waals surface area contributed by atoms with Gasteiger partial charge in [-0.25, -0.2) is 0 Å². The van der Waals surface area contributed by atoms with Crippen molar-refractivity contribution in [2.24, 2.45) is 5.73 Å². The summed E-state index contributed by atoms with van der Waals surface area (Å²) in [7, 11) is 3.52. The van der Waals surface area contributed by atoms with Crippen LogP contribution in [0.15, 0.2) is 0 Å². The van der Waals surface area contributed by atoms with Crippen LogP contribution in [0.3, 0.4) is 0 Å². The van der Waals surface area contributed by atoms with E-state index in [1.54, 1.807) is 19.0 Å². The van der Waals surface area contributed by atoms with Crippen LogP contribution in [0, 0.1) is 0 Å². The van der Waals surface area contributed by atoms with Crippen LogP contribution in [-0.2, 0) is 14.4 Å². The predicted octanol–water partition coefficient (Wildman–Crippen LogP) is -1.45. The highest BCUT2D eigenvalue weighted by Crippen LogP contribution is 2.10. The summed E-state index contributed by atoms with van der Waals surface area (Å²) < 4.78 is 0.